The summed E-state index contributed by atoms with van der Waals surface area (Å²) in [5.74, 6) is -1.40. The number of carbonyl (C=O) groups excluding carboxylic acids is 2. The zero-order valence-electron chi connectivity index (χ0n) is 20.8. The molecule has 0 saturated carbocycles. The molecule has 0 aliphatic rings. The van der Waals surface area contributed by atoms with Crippen molar-refractivity contribution < 1.29 is 19.4 Å². The maximum absolute atomic E-state index is 11.5. The number of rotatable bonds is 23. The molecule has 0 amide bonds. The number of hydrogen-bond acceptors (Lipinski definition) is 5. The number of ether oxygens (including phenoxy) is 1. The average Bonchev–Trinajstić information content (AvgIpc) is 2.79. The number of allylic oxidation sites excluding steroid dienone is 2. The first-order valence-corrected chi connectivity index (χ1v) is 13.4. The topological polar surface area (TPSA) is 89.6 Å². The van der Waals surface area contributed by atoms with Crippen molar-refractivity contribution >= 4 is 11.9 Å². The summed E-state index contributed by atoms with van der Waals surface area (Å²) in [7, 11) is 0. The van der Waals surface area contributed by atoms with Crippen LogP contribution >= 0.6 is 0 Å². The van der Waals surface area contributed by atoms with E-state index >= 15 is 0 Å². The highest BCUT2D eigenvalue weighted by Gasteiger charge is 2.17. The van der Waals surface area contributed by atoms with Crippen molar-refractivity contribution in [3.05, 3.63) is 12.2 Å². The lowest BCUT2D eigenvalue weighted by molar-refractivity contribution is -0.161. The van der Waals surface area contributed by atoms with Crippen LogP contribution in [0.25, 0.3) is 0 Å². The summed E-state index contributed by atoms with van der Waals surface area (Å²) in [4.78, 5) is 22.8. The molecule has 0 heterocycles. The summed E-state index contributed by atoms with van der Waals surface area (Å²) >= 11 is 0. The van der Waals surface area contributed by atoms with Gasteiger partial charge in [0.15, 0.2) is 0 Å². The van der Waals surface area contributed by atoms with Crippen LogP contribution in [-0.4, -0.2) is 29.7 Å². The first-order valence-electron chi connectivity index (χ1n) is 13.4. The molecule has 0 aliphatic heterocycles. The summed E-state index contributed by atoms with van der Waals surface area (Å²) in [6.07, 6.45) is 29.1. The lowest BCUT2D eigenvalue weighted by atomic mass is 10.0. The van der Waals surface area contributed by atoms with Crippen LogP contribution in [0, 0.1) is 0 Å². The van der Waals surface area contributed by atoms with Crippen molar-refractivity contribution in [1.29, 1.82) is 0 Å². The molecule has 0 rings (SSSR count). The first kappa shape index (κ1) is 30.8. The lowest BCUT2D eigenvalue weighted by Crippen LogP contribution is -2.36. The van der Waals surface area contributed by atoms with Gasteiger partial charge in [-0.1, -0.05) is 109 Å². The lowest BCUT2D eigenvalue weighted by Gasteiger charge is -2.07. The summed E-state index contributed by atoms with van der Waals surface area (Å²) in [5, 5.41) is 8.73. The molecule has 188 valence electrons. The highest BCUT2D eigenvalue weighted by molar-refractivity contribution is 5.88. The Hall–Kier alpha value is -1.20. The van der Waals surface area contributed by atoms with Gasteiger partial charge in [0.1, 0.15) is 6.04 Å². The molecule has 0 aromatic heterocycles. The summed E-state index contributed by atoms with van der Waals surface area (Å²) in [6, 6.07) is -1.13. The van der Waals surface area contributed by atoms with Crippen LogP contribution in [0.15, 0.2) is 12.2 Å². The zero-order valence-corrected chi connectivity index (χ0v) is 20.8. The van der Waals surface area contributed by atoms with E-state index < -0.39 is 24.6 Å². The van der Waals surface area contributed by atoms with Crippen LogP contribution in [0.5, 0.6) is 0 Å². The Balaban J connectivity index is 3.24. The van der Waals surface area contributed by atoms with Gasteiger partial charge >= 0.3 is 11.9 Å². The highest BCUT2D eigenvalue weighted by atomic mass is 16.6. The van der Waals surface area contributed by atoms with E-state index in [0.29, 0.717) is 0 Å². The summed E-state index contributed by atoms with van der Waals surface area (Å²) in [6.45, 7) is 1.76. The van der Waals surface area contributed by atoms with Crippen molar-refractivity contribution in [3.8, 4) is 0 Å². The molecule has 32 heavy (non-hydrogen) atoms. The standard InChI is InChI=1S/C27H51NO4/c1-2-3-4-5-6-7-8-9-10-11-12-13-14-15-16-17-18-19-20-21-22-23-26(30)32-27(31)25(28)24-29/h9-10,25,29H,2-8,11-24,28H2,1H3/b10-9-/t25-/m0/s1. The third-order valence-corrected chi connectivity index (χ3v) is 5.86. The molecular weight excluding hydrogens is 402 g/mol. The largest absolute Gasteiger partial charge is 0.394 e. The number of hydrogen-bond donors (Lipinski definition) is 2. The highest BCUT2D eigenvalue weighted by Crippen LogP contribution is 2.13. The van der Waals surface area contributed by atoms with Gasteiger partial charge in [-0.15, -0.1) is 0 Å². The number of aliphatic hydroxyl groups excluding tert-OH is 1. The van der Waals surface area contributed by atoms with E-state index in [4.69, 9.17) is 10.8 Å². The Kier molecular flexibility index (Phi) is 23.5. The van der Waals surface area contributed by atoms with E-state index in [1.54, 1.807) is 0 Å². The fourth-order valence-corrected chi connectivity index (χ4v) is 3.71. The molecule has 0 fully saturated rings. The molecule has 0 unspecified atom stereocenters. The Bertz CT molecular complexity index is 465. The molecule has 0 saturated heterocycles. The second kappa shape index (κ2) is 24.4. The number of carbonyl (C=O) groups is 2. The SMILES string of the molecule is CCCCCCCC/C=C\CCCCCCCCCCCCCC(=O)OC(=O)[C@@H](N)CO. The summed E-state index contributed by atoms with van der Waals surface area (Å²) < 4.78 is 4.58. The third kappa shape index (κ3) is 22.0. The van der Waals surface area contributed by atoms with Gasteiger partial charge < -0.3 is 15.6 Å². The monoisotopic (exact) mass is 453 g/mol. The van der Waals surface area contributed by atoms with Gasteiger partial charge in [0.05, 0.1) is 6.61 Å². The Morgan fingerprint density at radius 3 is 1.56 bits per heavy atom. The van der Waals surface area contributed by atoms with Crippen molar-refractivity contribution in [1.82, 2.24) is 0 Å². The smallest absolute Gasteiger partial charge is 0.332 e. The molecule has 5 nitrogen and oxygen atoms in total. The molecule has 0 aromatic rings. The number of aliphatic hydroxyl groups is 1. The van der Waals surface area contributed by atoms with Gasteiger partial charge in [0, 0.05) is 6.42 Å². The van der Waals surface area contributed by atoms with Gasteiger partial charge in [-0.3, -0.25) is 4.79 Å². The van der Waals surface area contributed by atoms with E-state index in [9.17, 15) is 9.59 Å². The third-order valence-electron chi connectivity index (χ3n) is 5.86. The fourth-order valence-electron chi connectivity index (χ4n) is 3.71. The molecule has 0 spiro atoms. The van der Waals surface area contributed by atoms with Gasteiger partial charge in [-0.25, -0.2) is 4.79 Å². The first-order chi connectivity index (χ1) is 15.6. The van der Waals surface area contributed by atoms with Crippen LogP contribution in [-0.2, 0) is 14.3 Å². The minimum Gasteiger partial charge on any atom is -0.394 e. The van der Waals surface area contributed by atoms with Gasteiger partial charge in [-0.05, 0) is 32.1 Å². The molecule has 0 radical (unpaired) electrons. The maximum atomic E-state index is 11.5. The van der Waals surface area contributed by atoms with Crippen LogP contribution in [0.2, 0.25) is 0 Å². The number of esters is 2. The Morgan fingerprint density at radius 2 is 1.12 bits per heavy atom. The molecule has 5 heteroatoms. The predicted octanol–water partition coefficient (Wildman–Crippen LogP) is 6.75. The fraction of sp³-hybridized carbons (Fsp3) is 0.852. The van der Waals surface area contributed by atoms with Gasteiger partial charge in [0.25, 0.3) is 0 Å². The normalized spacial score (nSPS) is 12.3. The molecule has 0 aliphatic carbocycles. The van der Waals surface area contributed by atoms with Crippen molar-refractivity contribution in [2.75, 3.05) is 6.61 Å². The van der Waals surface area contributed by atoms with Crippen LogP contribution in [0.3, 0.4) is 0 Å². The van der Waals surface area contributed by atoms with Crippen molar-refractivity contribution in [2.45, 2.75) is 141 Å². The second-order valence-corrected chi connectivity index (χ2v) is 9.04. The van der Waals surface area contributed by atoms with Gasteiger partial charge in [-0.2, -0.15) is 0 Å². The number of nitrogens with two attached hydrogens (primary N) is 1. The maximum Gasteiger partial charge on any atom is 0.332 e. The molecule has 1 atom stereocenters. The van der Waals surface area contributed by atoms with Crippen LogP contribution in [0.4, 0.5) is 0 Å². The molecular formula is C27H51NO4. The predicted molar refractivity (Wildman–Crippen MR) is 133 cm³/mol. The zero-order chi connectivity index (χ0) is 23.7. The Labute approximate surface area is 197 Å². The van der Waals surface area contributed by atoms with E-state index in [0.717, 1.165) is 19.3 Å². The molecule has 3 N–H and O–H groups in total. The Morgan fingerprint density at radius 1 is 0.719 bits per heavy atom. The van der Waals surface area contributed by atoms with Crippen LogP contribution < -0.4 is 5.73 Å². The van der Waals surface area contributed by atoms with E-state index in [-0.39, 0.29) is 6.42 Å². The van der Waals surface area contributed by atoms with E-state index in [1.807, 2.05) is 0 Å². The number of unbranched alkanes of at least 4 members (excludes halogenated alkanes) is 17. The van der Waals surface area contributed by atoms with E-state index in [2.05, 4.69) is 23.8 Å². The van der Waals surface area contributed by atoms with E-state index in [1.165, 1.54) is 103 Å². The second-order valence-electron chi connectivity index (χ2n) is 9.04. The minimum atomic E-state index is -1.13. The summed E-state index contributed by atoms with van der Waals surface area (Å²) in [5.41, 5.74) is 5.29. The molecule has 0 bridgehead atoms. The quantitative estimate of drug-likeness (QED) is 0.0772. The van der Waals surface area contributed by atoms with Crippen molar-refractivity contribution in [2.24, 2.45) is 5.73 Å². The van der Waals surface area contributed by atoms with Crippen molar-refractivity contribution in [3.63, 3.8) is 0 Å². The minimum absolute atomic E-state index is 0.234. The van der Waals surface area contributed by atoms with Gasteiger partial charge in [0.2, 0.25) is 0 Å². The van der Waals surface area contributed by atoms with Crippen LogP contribution in [0.1, 0.15) is 135 Å². The molecule has 0 aromatic carbocycles. The average molecular weight is 454 g/mol.